The van der Waals surface area contributed by atoms with Crippen LogP contribution >= 0.6 is 0 Å². The SMILES string of the molecule is CCc1cccc2c(=O)c(C(=O)N3CCCC(C)C3)c[nH]c12. The number of nitrogens with zero attached hydrogens (tertiary/aromatic N) is 1. The molecule has 4 nitrogen and oxygen atoms in total. The highest BCUT2D eigenvalue weighted by Crippen LogP contribution is 2.19. The number of para-hydroxylation sites is 1. The Morgan fingerprint density at radius 1 is 1.41 bits per heavy atom. The molecule has 1 N–H and O–H groups in total. The molecule has 0 radical (unpaired) electrons. The molecule has 1 fully saturated rings. The summed E-state index contributed by atoms with van der Waals surface area (Å²) in [6.07, 6.45) is 4.60. The molecular formula is C18H22N2O2. The van der Waals surface area contributed by atoms with E-state index in [9.17, 15) is 9.59 Å². The van der Waals surface area contributed by atoms with E-state index in [1.54, 1.807) is 12.3 Å². The summed E-state index contributed by atoms with van der Waals surface area (Å²) >= 11 is 0. The average Bonchev–Trinajstić information content (AvgIpc) is 2.54. The van der Waals surface area contributed by atoms with E-state index in [4.69, 9.17) is 0 Å². The normalized spacial score (nSPS) is 18.6. The van der Waals surface area contributed by atoms with Crippen LogP contribution in [0.4, 0.5) is 0 Å². The molecule has 1 unspecified atom stereocenters. The fourth-order valence-electron chi connectivity index (χ4n) is 3.31. The zero-order chi connectivity index (χ0) is 15.7. The number of H-pyrrole nitrogens is 1. The second-order valence-electron chi connectivity index (χ2n) is 6.22. The molecule has 1 aromatic heterocycles. The number of amides is 1. The van der Waals surface area contributed by atoms with Crippen molar-refractivity contribution in [2.24, 2.45) is 5.92 Å². The number of aromatic nitrogens is 1. The van der Waals surface area contributed by atoms with Crippen molar-refractivity contribution < 1.29 is 4.79 Å². The van der Waals surface area contributed by atoms with E-state index >= 15 is 0 Å². The number of carbonyl (C=O) groups excluding carboxylic acids is 1. The zero-order valence-corrected chi connectivity index (χ0v) is 13.2. The van der Waals surface area contributed by atoms with Crippen LogP contribution in [-0.4, -0.2) is 28.9 Å². The van der Waals surface area contributed by atoms with Crippen LogP contribution in [0.2, 0.25) is 0 Å². The quantitative estimate of drug-likeness (QED) is 0.926. The molecule has 1 atom stereocenters. The van der Waals surface area contributed by atoms with Crippen LogP contribution in [0.25, 0.3) is 10.9 Å². The number of pyridine rings is 1. The van der Waals surface area contributed by atoms with Crippen LogP contribution in [0.5, 0.6) is 0 Å². The topological polar surface area (TPSA) is 53.2 Å². The highest BCUT2D eigenvalue weighted by Gasteiger charge is 2.24. The van der Waals surface area contributed by atoms with Gasteiger partial charge in [0.05, 0.1) is 5.52 Å². The summed E-state index contributed by atoms with van der Waals surface area (Å²) in [7, 11) is 0. The minimum absolute atomic E-state index is 0.142. The number of hydrogen-bond donors (Lipinski definition) is 1. The molecule has 116 valence electrons. The summed E-state index contributed by atoms with van der Waals surface area (Å²) in [4.78, 5) is 30.3. The molecule has 1 aromatic carbocycles. The first-order valence-electron chi connectivity index (χ1n) is 8.04. The van der Waals surface area contributed by atoms with E-state index in [1.165, 1.54) is 0 Å². The lowest BCUT2D eigenvalue weighted by Gasteiger charge is -2.30. The maximum Gasteiger partial charge on any atom is 0.259 e. The number of fused-ring (bicyclic) bond motifs is 1. The number of piperidine rings is 1. The van der Waals surface area contributed by atoms with Crippen LogP contribution in [-0.2, 0) is 6.42 Å². The van der Waals surface area contributed by atoms with E-state index in [0.29, 0.717) is 11.3 Å². The second kappa shape index (κ2) is 5.95. The molecule has 0 bridgehead atoms. The Morgan fingerprint density at radius 3 is 2.95 bits per heavy atom. The monoisotopic (exact) mass is 298 g/mol. The first kappa shape index (κ1) is 14.8. The molecule has 4 heteroatoms. The summed E-state index contributed by atoms with van der Waals surface area (Å²) in [6, 6.07) is 5.68. The van der Waals surface area contributed by atoms with Gasteiger partial charge in [-0.15, -0.1) is 0 Å². The number of aryl methyl sites for hydroxylation is 1. The maximum absolute atomic E-state index is 12.7. The first-order valence-corrected chi connectivity index (χ1v) is 8.04. The van der Waals surface area contributed by atoms with E-state index < -0.39 is 0 Å². The van der Waals surface area contributed by atoms with Crippen LogP contribution in [0.3, 0.4) is 0 Å². The van der Waals surface area contributed by atoms with E-state index in [0.717, 1.165) is 43.4 Å². The number of likely N-dealkylation sites (tertiary alicyclic amines) is 1. The molecule has 1 amide bonds. The van der Waals surface area contributed by atoms with E-state index in [2.05, 4.69) is 18.8 Å². The molecule has 1 saturated heterocycles. The summed E-state index contributed by atoms with van der Waals surface area (Å²) in [6.45, 7) is 5.69. The van der Waals surface area contributed by atoms with Crippen molar-refractivity contribution in [1.82, 2.24) is 9.88 Å². The Bertz CT molecular complexity index is 763. The lowest BCUT2D eigenvalue weighted by molar-refractivity contribution is 0.0681. The third-order valence-electron chi connectivity index (χ3n) is 4.56. The van der Waals surface area contributed by atoms with Crippen LogP contribution in [0.1, 0.15) is 42.6 Å². The third-order valence-corrected chi connectivity index (χ3v) is 4.56. The van der Waals surface area contributed by atoms with Gasteiger partial charge in [-0.2, -0.15) is 0 Å². The van der Waals surface area contributed by atoms with Gasteiger partial charge in [-0.05, 0) is 36.8 Å². The third kappa shape index (κ3) is 2.54. The fourth-order valence-corrected chi connectivity index (χ4v) is 3.31. The molecule has 0 spiro atoms. The first-order chi connectivity index (χ1) is 10.6. The number of rotatable bonds is 2. The van der Waals surface area contributed by atoms with Gasteiger partial charge in [-0.1, -0.05) is 26.0 Å². The molecule has 22 heavy (non-hydrogen) atoms. The molecule has 2 heterocycles. The van der Waals surface area contributed by atoms with Crippen molar-refractivity contribution in [3.05, 3.63) is 45.7 Å². The Kier molecular flexibility index (Phi) is 4.01. The lowest BCUT2D eigenvalue weighted by Crippen LogP contribution is -2.41. The summed E-state index contributed by atoms with van der Waals surface area (Å²) in [5, 5.41) is 0.607. The van der Waals surface area contributed by atoms with Gasteiger partial charge in [0.25, 0.3) is 5.91 Å². The van der Waals surface area contributed by atoms with Crippen molar-refractivity contribution in [2.75, 3.05) is 13.1 Å². The van der Waals surface area contributed by atoms with E-state index in [1.807, 2.05) is 17.0 Å². The Labute approximate surface area is 130 Å². The molecular weight excluding hydrogens is 276 g/mol. The minimum Gasteiger partial charge on any atom is -0.360 e. The lowest BCUT2D eigenvalue weighted by atomic mass is 9.99. The smallest absolute Gasteiger partial charge is 0.259 e. The van der Waals surface area contributed by atoms with Gasteiger partial charge in [-0.25, -0.2) is 0 Å². The molecule has 0 aliphatic carbocycles. The number of hydrogen-bond acceptors (Lipinski definition) is 2. The summed E-state index contributed by atoms with van der Waals surface area (Å²) in [5.74, 6) is 0.362. The summed E-state index contributed by atoms with van der Waals surface area (Å²) in [5.41, 5.74) is 2.04. The van der Waals surface area contributed by atoms with E-state index in [-0.39, 0.29) is 16.9 Å². The maximum atomic E-state index is 12.7. The standard InChI is InChI=1S/C18H22N2O2/c1-3-13-7-4-8-14-16(13)19-10-15(17(14)21)18(22)20-9-5-6-12(2)11-20/h4,7-8,10,12H,3,5-6,9,11H2,1-2H3,(H,19,21). The van der Waals surface area contributed by atoms with Gasteiger partial charge < -0.3 is 9.88 Å². The predicted octanol–water partition coefficient (Wildman–Crippen LogP) is 2.96. The minimum atomic E-state index is -0.160. The molecule has 3 rings (SSSR count). The van der Waals surface area contributed by atoms with Gasteiger partial charge in [0.1, 0.15) is 5.56 Å². The zero-order valence-electron chi connectivity index (χ0n) is 13.2. The van der Waals surface area contributed by atoms with Crippen molar-refractivity contribution in [3.8, 4) is 0 Å². The second-order valence-corrected chi connectivity index (χ2v) is 6.22. The van der Waals surface area contributed by atoms with Gasteiger partial charge in [0.15, 0.2) is 0 Å². The van der Waals surface area contributed by atoms with Crippen molar-refractivity contribution >= 4 is 16.8 Å². The molecule has 1 aliphatic rings. The average molecular weight is 298 g/mol. The Hall–Kier alpha value is -2.10. The molecule has 1 aliphatic heterocycles. The van der Waals surface area contributed by atoms with Gasteiger partial charge >= 0.3 is 0 Å². The van der Waals surface area contributed by atoms with Crippen molar-refractivity contribution in [2.45, 2.75) is 33.1 Å². The van der Waals surface area contributed by atoms with Crippen molar-refractivity contribution in [3.63, 3.8) is 0 Å². The highest BCUT2D eigenvalue weighted by molar-refractivity contribution is 5.97. The Balaban J connectivity index is 2.03. The molecule has 2 aromatic rings. The van der Waals surface area contributed by atoms with Gasteiger partial charge in [-0.3, -0.25) is 9.59 Å². The van der Waals surface area contributed by atoms with Gasteiger partial charge in [0, 0.05) is 24.7 Å². The van der Waals surface area contributed by atoms with Crippen molar-refractivity contribution in [1.29, 1.82) is 0 Å². The largest absolute Gasteiger partial charge is 0.360 e. The number of nitrogens with one attached hydrogen (secondary N) is 1. The van der Waals surface area contributed by atoms with Crippen LogP contribution in [0, 0.1) is 5.92 Å². The van der Waals surface area contributed by atoms with Crippen LogP contribution < -0.4 is 5.43 Å². The number of carbonyl (C=O) groups is 1. The highest BCUT2D eigenvalue weighted by atomic mass is 16.2. The Morgan fingerprint density at radius 2 is 2.23 bits per heavy atom. The summed E-state index contributed by atoms with van der Waals surface area (Å²) < 4.78 is 0. The predicted molar refractivity (Wildman–Crippen MR) is 88.2 cm³/mol. The van der Waals surface area contributed by atoms with Gasteiger partial charge in [0.2, 0.25) is 5.43 Å². The van der Waals surface area contributed by atoms with Crippen LogP contribution in [0.15, 0.2) is 29.2 Å². The molecule has 0 saturated carbocycles. The fraction of sp³-hybridized carbons (Fsp3) is 0.444. The number of benzene rings is 1. The number of aromatic amines is 1.